The maximum absolute atomic E-state index is 11.0. The van der Waals surface area contributed by atoms with Crippen LogP contribution in [0.4, 0.5) is 0 Å². The van der Waals surface area contributed by atoms with Gasteiger partial charge < -0.3 is 30.1 Å². The molecule has 0 aromatic carbocycles. The molecule has 1 aliphatic rings. The molecule has 0 aromatic heterocycles. The Kier molecular flexibility index (Phi) is 7.45. The molecule has 1 saturated heterocycles. The molecule has 0 saturated carbocycles. The molecule has 4 N–H and O–H groups in total. The van der Waals surface area contributed by atoms with E-state index < -0.39 is 49.1 Å². The van der Waals surface area contributed by atoms with E-state index in [2.05, 4.69) is 5.32 Å². The van der Waals surface area contributed by atoms with E-state index in [0.717, 1.165) is 6.92 Å². The lowest BCUT2D eigenvalue weighted by atomic mass is 9.97. The van der Waals surface area contributed by atoms with E-state index in [1.807, 2.05) is 0 Å². The minimum absolute atomic E-state index is 0. The average Bonchev–Trinajstić information content (AvgIpc) is 2.27. The van der Waals surface area contributed by atoms with Gasteiger partial charge in [-0.2, -0.15) is 0 Å². The molecule has 0 aromatic rings. The van der Waals surface area contributed by atoms with Crippen LogP contribution in [0.1, 0.15) is 13.8 Å². The van der Waals surface area contributed by atoms with Crippen molar-refractivity contribution in [2.24, 2.45) is 0 Å². The zero-order chi connectivity index (χ0) is 13.9. The molecule has 9 heteroatoms. The first-order valence-electron chi connectivity index (χ1n) is 5.43. The maximum atomic E-state index is 11.0. The molecule has 0 radical (unpaired) electrons. The summed E-state index contributed by atoms with van der Waals surface area (Å²) in [6.07, 6.45) is -5.15. The third kappa shape index (κ3) is 4.69. The molecule has 19 heavy (non-hydrogen) atoms. The van der Waals surface area contributed by atoms with Crippen LogP contribution in [-0.4, -0.2) is 64.4 Å². The van der Waals surface area contributed by atoms with Crippen LogP contribution in [0.15, 0.2) is 0 Å². The number of rotatable bonds is 3. The lowest BCUT2D eigenvalue weighted by molar-refractivity contribution is -0.262. The molecular weight excluding hydrogens is 326 g/mol. The van der Waals surface area contributed by atoms with Crippen molar-refractivity contribution in [3.63, 3.8) is 0 Å². The van der Waals surface area contributed by atoms with Gasteiger partial charge in [0.2, 0.25) is 12.2 Å². The second-order valence-electron chi connectivity index (χ2n) is 4.04. The number of esters is 1. The van der Waals surface area contributed by atoms with Gasteiger partial charge in [0.05, 0.1) is 6.61 Å². The highest BCUT2D eigenvalue weighted by Crippen LogP contribution is 2.22. The highest BCUT2D eigenvalue weighted by Gasteiger charge is 2.46. The Morgan fingerprint density at radius 1 is 1.26 bits per heavy atom. The fourth-order valence-electron chi connectivity index (χ4n) is 1.73. The van der Waals surface area contributed by atoms with Crippen LogP contribution in [-0.2, 0) is 19.1 Å². The number of hydrogen-bond acceptors (Lipinski definition) is 7. The molecule has 1 rings (SSSR count). The fourth-order valence-corrected chi connectivity index (χ4v) is 1.73. The Hall–Kier alpha value is -0.740. The molecule has 8 nitrogen and oxygen atoms in total. The minimum atomic E-state index is -1.41. The molecule has 0 spiro atoms. The summed E-state index contributed by atoms with van der Waals surface area (Å²) in [5.74, 6) is -1.15. The molecule has 112 valence electrons. The van der Waals surface area contributed by atoms with Crippen LogP contribution in [0.2, 0.25) is 0 Å². The minimum Gasteiger partial charge on any atom is -0.434 e. The van der Waals surface area contributed by atoms with Gasteiger partial charge >= 0.3 is 5.97 Å². The number of nitrogens with one attached hydrogen (secondary N) is 1. The number of aliphatic hydroxyl groups excluding tert-OH is 3. The number of carbonyl (C=O) groups excluding carboxylic acids is 2. The van der Waals surface area contributed by atoms with Crippen LogP contribution in [0, 0.1) is 0 Å². The van der Waals surface area contributed by atoms with E-state index in [1.54, 1.807) is 0 Å². The standard InChI is InChI=1S/C10H17NO7.BrH/c1-4(13)11-7-9(16)8(15)6(3-12)18-10(7)17-5(2)14;/h6-10,12,15-16H,3H2,1-2H3,(H,11,13);1H/t6-,7-,8+,9-,10?;/m1./s1. The predicted molar refractivity (Wildman–Crippen MR) is 67.5 cm³/mol. The number of halogens is 1. The Morgan fingerprint density at radius 2 is 1.84 bits per heavy atom. The Morgan fingerprint density at radius 3 is 2.26 bits per heavy atom. The second-order valence-corrected chi connectivity index (χ2v) is 4.04. The summed E-state index contributed by atoms with van der Waals surface area (Å²) in [6.45, 7) is 1.80. The topological polar surface area (TPSA) is 125 Å². The van der Waals surface area contributed by atoms with Crippen LogP contribution in [0.5, 0.6) is 0 Å². The van der Waals surface area contributed by atoms with E-state index in [0.29, 0.717) is 0 Å². The second kappa shape index (κ2) is 7.75. The fraction of sp³-hybridized carbons (Fsp3) is 0.800. The van der Waals surface area contributed by atoms with Gasteiger partial charge in [-0.25, -0.2) is 0 Å². The van der Waals surface area contributed by atoms with Crippen molar-refractivity contribution in [1.29, 1.82) is 0 Å². The third-order valence-corrected chi connectivity index (χ3v) is 2.53. The van der Waals surface area contributed by atoms with E-state index >= 15 is 0 Å². The quantitative estimate of drug-likeness (QED) is 0.440. The highest BCUT2D eigenvalue weighted by atomic mass is 79.9. The van der Waals surface area contributed by atoms with E-state index in [9.17, 15) is 19.8 Å². The Balaban J connectivity index is 0.00000324. The zero-order valence-electron chi connectivity index (χ0n) is 10.5. The number of aliphatic hydroxyl groups is 3. The van der Waals surface area contributed by atoms with Crippen molar-refractivity contribution in [2.75, 3.05) is 6.61 Å². The van der Waals surface area contributed by atoms with Gasteiger partial charge in [-0.1, -0.05) is 0 Å². The van der Waals surface area contributed by atoms with Crippen LogP contribution in [0.25, 0.3) is 0 Å². The van der Waals surface area contributed by atoms with Crippen molar-refractivity contribution in [2.45, 2.75) is 44.5 Å². The monoisotopic (exact) mass is 343 g/mol. The number of amides is 1. The molecular formula is C10H18BrNO7. The lowest BCUT2D eigenvalue weighted by Gasteiger charge is -2.41. The summed E-state index contributed by atoms with van der Waals surface area (Å²) in [7, 11) is 0. The molecule has 0 aliphatic carbocycles. The SMILES string of the molecule is Br.CC(=O)N[C@H]1C(OC(C)=O)O[C@H](CO)[C@H](O)[C@@H]1O. The normalized spacial score (nSPS) is 34.1. The van der Waals surface area contributed by atoms with Crippen molar-refractivity contribution in [3.05, 3.63) is 0 Å². The number of hydrogen-bond donors (Lipinski definition) is 4. The van der Waals surface area contributed by atoms with Crippen molar-refractivity contribution >= 4 is 28.9 Å². The van der Waals surface area contributed by atoms with Crippen LogP contribution in [0.3, 0.4) is 0 Å². The summed E-state index contributed by atoms with van der Waals surface area (Å²) in [5, 5.41) is 30.8. The molecule has 1 amide bonds. The molecule has 1 fully saturated rings. The molecule has 0 bridgehead atoms. The van der Waals surface area contributed by atoms with Crippen molar-refractivity contribution < 1.29 is 34.4 Å². The van der Waals surface area contributed by atoms with Gasteiger partial charge in [-0.3, -0.25) is 9.59 Å². The molecule has 1 aliphatic heterocycles. The summed E-state index contributed by atoms with van der Waals surface area (Å²) in [5.41, 5.74) is 0. The van der Waals surface area contributed by atoms with Crippen LogP contribution < -0.4 is 5.32 Å². The van der Waals surface area contributed by atoms with Gasteiger partial charge in [0, 0.05) is 13.8 Å². The van der Waals surface area contributed by atoms with Gasteiger partial charge in [-0.05, 0) is 0 Å². The van der Waals surface area contributed by atoms with Crippen molar-refractivity contribution in [1.82, 2.24) is 5.32 Å². The Bertz CT molecular complexity index is 327. The first-order valence-corrected chi connectivity index (χ1v) is 5.43. The molecule has 1 heterocycles. The predicted octanol–water partition coefficient (Wildman–Crippen LogP) is -1.93. The first-order chi connectivity index (χ1) is 8.36. The number of carbonyl (C=O) groups is 2. The molecule has 5 atom stereocenters. The molecule has 1 unspecified atom stereocenters. The zero-order valence-corrected chi connectivity index (χ0v) is 12.2. The van der Waals surface area contributed by atoms with Gasteiger partial charge in [0.15, 0.2) is 0 Å². The average molecular weight is 344 g/mol. The first kappa shape index (κ1) is 18.3. The largest absolute Gasteiger partial charge is 0.434 e. The highest BCUT2D eigenvalue weighted by molar-refractivity contribution is 8.93. The van der Waals surface area contributed by atoms with Gasteiger partial charge in [0.25, 0.3) is 0 Å². The summed E-state index contributed by atoms with van der Waals surface area (Å²) < 4.78 is 9.92. The number of ether oxygens (including phenoxy) is 2. The van der Waals surface area contributed by atoms with E-state index in [1.165, 1.54) is 6.92 Å². The van der Waals surface area contributed by atoms with Crippen molar-refractivity contribution in [3.8, 4) is 0 Å². The summed E-state index contributed by atoms with van der Waals surface area (Å²) in [6, 6.07) is -1.09. The van der Waals surface area contributed by atoms with E-state index in [-0.39, 0.29) is 17.0 Å². The Labute approximate surface area is 120 Å². The third-order valence-electron chi connectivity index (χ3n) is 2.53. The van der Waals surface area contributed by atoms with E-state index in [4.69, 9.17) is 14.6 Å². The van der Waals surface area contributed by atoms with Crippen LogP contribution >= 0.6 is 17.0 Å². The lowest BCUT2D eigenvalue weighted by Crippen LogP contribution is -2.64. The van der Waals surface area contributed by atoms with Gasteiger partial charge in [0.1, 0.15) is 24.4 Å². The summed E-state index contributed by atoms with van der Waals surface area (Å²) in [4.78, 5) is 21.9. The van der Waals surface area contributed by atoms with Gasteiger partial charge in [-0.15, -0.1) is 17.0 Å². The smallest absolute Gasteiger partial charge is 0.305 e. The summed E-state index contributed by atoms with van der Waals surface area (Å²) >= 11 is 0. The maximum Gasteiger partial charge on any atom is 0.305 e.